The fraction of sp³-hybridized carbons (Fsp3) is 0. The van der Waals surface area contributed by atoms with Crippen molar-refractivity contribution < 1.29 is 4.42 Å². The second-order valence-corrected chi connectivity index (χ2v) is 19.0. The third-order valence-corrected chi connectivity index (χ3v) is 15.1. The Kier molecular flexibility index (Phi) is 8.43. The minimum atomic E-state index is 0.538. The van der Waals surface area contributed by atoms with Crippen molar-refractivity contribution in [3.8, 4) is 56.7 Å². The first-order valence-electron chi connectivity index (χ1n) is 23.5. The number of benzene rings is 10. The number of nitrogens with zero attached hydrogens (tertiary/aromatic N) is 5. The zero-order chi connectivity index (χ0) is 45.9. The van der Waals surface area contributed by atoms with E-state index < -0.39 is 0 Å². The molecule has 0 amide bonds. The molecule has 0 aliphatic rings. The Labute approximate surface area is 404 Å². The lowest BCUT2D eigenvalue weighted by atomic mass is 9.97. The van der Waals surface area contributed by atoms with Crippen LogP contribution in [0.25, 0.3) is 142 Å². The standard InChI is InChI=1S/C63H37N5OS/c1-3-16-38(17-4-1)40-20-15-21-41(34-40)43-35-51-46-24-9-13-28-55(46)69-60(51)54(36-43)67-52-26-11-7-22-44(52)49-32-33-50-45-23-8-12-27-53(45)68(59(50)58(49)67)63-65-61(39-18-5-2-6-19-39)64-62(66-63)42-30-31-48-47-25-10-14-29-56(47)70-57(48)37-42/h1-37H. The Hall–Kier alpha value is -9.17. The van der Waals surface area contributed by atoms with Gasteiger partial charge in [0.05, 0.1) is 27.8 Å². The summed E-state index contributed by atoms with van der Waals surface area (Å²) in [7, 11) is 0. The van der Waals surface area contributed by atoms with Gasteiger partial charge in [0, 0.05) is 63.6 Å². The molecule has 70 heavy (non-hydrogen) atoms. The minimum absolute atomic E-state index is 0.538. The van der Waals surface area contributed by atoms with Crippen molar-refractivity contribution in [2.45, 2.75) is 0 Å². The van der Waals surface area contributed by atoms with Crippen molar-refractivity contribution in [3.63, 3.8) is 0 Å². The molecule has 0 spiro atoms. The van der Waals surface area contributed by atoms with Crippen LogP contribution in [0.15, 0.2) is 229 Å². The minimum Gasteiger partial charge on any atom is -0.454 e. The van der Waals surface area contributed by atoms with Gasteiger partial charge in [-0.2, -0.15) is 9.97 Å². The van der Waals surface area contributed by atoms with Gasteiger partial charge in [-0.3, -0.25) is 4.57 Å². The maximum absolute atomic E-state index is 6.99. The summed E-state index contributed by atoms with van der Waals surface area (Å²) in [5, 5.41) is 9.05. The molecular weight excluding hydrogens is 875 g/mol. The Morgan fingerprint density at radius 1 is 0.329 bits per heavy atom. The third kappa shape index (κ3) is 5.89. The van der Waals surface area contributed by atoms with E-state index in [4.69, 9.17) is 19.4 Å². The van der Waals surface area contributed by atoms with E-state index in [1.807, 2.05) is 24.3 Å². The van der Waals surface area contributed by atoms with E-state index in [0.717, 1.165) is 99.1 Å². The number of furan rings is 1. The molecule has 0 saturated heterocycles. The molecule has 326 valence electrons. The van der Waals surface area contributed by atoms with Crippen LogP contribution in [-0.2, 0) is 0 Å². The first kappa shape index (κ1) is 38.9. The van der Waals surface area contributed by atoms with Crippen LogP contribution in [0.2, 0.25) is 0 Å². The van der Waals surface area contributed by atoms with Gasteiger partial charge in [0.25, 0.3) is 0 Å². The Morgan fingerprint density at radius 3 is 1.64 bits per heavy atom. The molecule has 5 heterocycles. The van der Waals surface area contributed by atoms with Crippen molar-refractivity contribution in [1.82, 2.24) is 24.1 Å². The van der Waals surface area contributed by atoms with Crippen LogP contribution in [0.3, 0.4) is 0 Å². The molecule has 0 aliphatic heterocycles. The maximum Gasteiger partial charge on any atom is 0.238 e. The quantitative estimate of drug-likeness (QED) is 0.167. The summed E-state index contributed by atoms with van der Waals surface area (Å²) < 4.78 is 14.1. The second kappa shape index (κ2) is 15.2. The highest BCUT2D eigenvalue weighted by Crippen LogP contribution is 2.45. The van der Waals surface area contributed by atoms with Crippen LogP contribution in [0.4, 0.5) is 0 Å². The molecule has 15 rings (SSSR count). The largest absolute Gasteiger partial charge is 0.454 e. The second-order valence-electron chi connectivity index (χ2n) is 17.9. The van der Waals surface area contributed by atoms with Gasteiger partial charge in [0.1, 0.15) is 5.58 Å². The van der Waals surface area contributed by atoms with Gasteiger partial charge in [0.2, 0.25) is 5.95 Å². The zero-order valence-corrected chi connectivity index (χ0v) is 38.2. The van der Waals surface area contributed by atoms with Crippen molar-refractivity contribution in [1.29, 1.82) is 0 Å². The van der Waals surface area contributed by atoms with E-state index in [1.165, 1.54) is 25.7 Å². The van der Waals surface area contributed by atoms with Crippen LogP contribution >= 0.6 is 11.3 Å². The van der Waals surface area contributed by atoms with E-state index in [2.05, 4.69) is 209 Å². The normalized spacial score (nSPS) is 12.0. The molecule has 0 N–H and O–H groups in total. The van der Waals surface area contributed by atoms with E-state index in [0.29, 0.717) is 17.6 Å². The Balaban J connectivity index is 1.06. The van der Waals surface area contributed by atoms with Crippen molar-refractivity contribution in [2.75, 3.05) is 0 Å². The zero-order valence-electron chi connectivity index (χ0n) is 37.4. The fourth-order valence-corrected chi connectivity index (χ4v) is 11.9. The topological polar surface area (TPSA) is 61.7 Å². The molecule has 0 saturated carbocycles. The first-order valence-corrected chi connectivity index (χ1v) is 24.3. The summed E-state index contributed by atoms with van der Waals surface area (Å²) in [6, 6.07) is 79.7. The molecule has 0 atom stereocenters. The average molecular weight is 912 g/mol. The molecule has 15 aromatic rings. The molecule has 6 nitrogen and oxygen atoms in total. The van der Waals surface area contributed by atoms with Crippen LogP contribution in [0.1, 0.15) is 0 Å². The molecule has 0 fully saturated rings. The molecule has 0 aliphatic carbocycles. The highest BCUT2D eigenvalue weighted by atomic mass is 32.1. The molecular formula is C63H37N5OS. The lowest BCUT2D eigenvalue weighted by molar-refractivity contribution is 0.666. The number of fused-ring (bicyclic) bond motifs is 13. The summed E-state index contributed by atoms with van der Waals surface area (Å²) in [5.41, 5.74) is 13.1. The summed E-state index contributed by atoms with van der Waals surface area (Å²) in [5.74, 6) is 1.75. The third-order valence-electron chi connectivity index (χ3n) is 14.0. The molecule has 0 unspecified atom stereocenters. The lowest BCUT2D eigenvalue weighted by Crippen LogP contribution is -2.07. The number of rotatable bonds is 6. The number of hydrogen-bond acceptors (Lipinski definition) is 5. The van der Waals surface area contributed by atoms with Gasteiger partial charge in [0.15, 0.2) is 17.2 Å². The van der Waals surface area contributed by atoms with E-state index in [-0.39, 0.29) is 0 Å². The molecule has 0 radical (unpaired) electrons. The van der Waals surface area contributed by atoms with E-state index in [9.17, 15) is 0 Å². The van der Waals surface area contributed by atoms with Gasteiger partial charge in [-0.1, -0.05) is 176 Å². The van der Waals surface area contributed by atoms with Crippen LogP contribution in [-0.4, -0.2) is 24.1 Å². The van der Waals surface area contributed by atoms with Gasteiger partial charge in [-0.15, -0.1) is 11.3 Å². The van der Waals surface area contributed by atoms with Crippen LogP contribution in [0, 0.1) is 0 Å². The molecule has 5 aromatic heterocycles. The number of aromatic nitrogens is 5. The SMILES string of the molecule is c1ccc(-c2cccc(-c3cc(-n4c5ccccc5c5ccc6c7ccccc7n(-c7nc(-c8ccccc8)nc(-c8ccc9c(c8)sc8ccccc89)n7)c6c54)c4oc5ccccc5c4c3)c2)cc1. The van der Waals surface area contributed by atoms with Crippen LogP contribution in [0.5, 0.6) is 0 Å². The molecule has 10 aromatic carbocycles. The van der Waals surface area contributed by atoms with Crippen LogP contribution < -0.4 is 0 Å². The summed E-state index contributed by atoms with van der Waals surface area (Å²) >= 11 is 1.79. The molecule has 0 bridgehead atoms. The monoisotopic (exact) mass is 911 g/mol. The summed E-state index contributed by atoms with van der Waals surface area (Å²) in [6.07, 6.45) is 0. The predicted octanol–water partition coefficient (Wildman–Crippen LogP) is 17.0. The van der Waals surface area contributed by atoms with Gasteiger partial charge in [-0.05, 0) is 70.8 Å². The fourth-order valence-electron chi connectivity index (χ4n) is 10.8. The smallest absolute Gasteiger partial charge is 0.238 e. The number of thiophene rings is 1. The van der Waals surface area contributed by atoms with Gasteiger partial charge < -0.3 is 8.98 Å². The van der Waals surface area contributed by atoms with E-state index >= 15 is 0 Å². The predicted molar refractivity (Wildman–Crippen MR) is 290 cm³/mol. The van der Waals surface area contributed by atoms with Gasteiger partial charge in [-0.25, -0.2) is 4.98 Å². The van der Waals surface area contributed by atoms with E-state index in [1.54, 1.807) is 11.3 Å². The van der Waals surface area contributed by atoms with Gasteiger partial charge >= 0.3 is 0 Å². The highest BCUT2D eigenvalue weighted by molar-refractivity contribution is 7.25. The highest BCUT2D eigenvalue weighted by Gasteiger charge is 2.26. The first-order chi connectivity index (χ1) is 34.7. The Bertz CT molecular complexity index is 4600. The lowest BCUT2D eigenvalue weighted by Gasteiger charge is -2.15. The van der Waals surface area contributed by atoms with Crippen molar-refractivity contribution >= 4 is 97.1 Å². The molecule has 7 heteroatoms. The summed E-state index contributed by atoms with van der Waals surface area (Å²) in [6.45, 7) is 0. The van der Waals surface area contributed by atoms with Crippen molar-refractivity contribution in [3.05, 3.63) is 224 Å². The maximum atomic E-state index is 6.99. The average Bonchev–Trinajstić information content (AvgIpc) is 4.19. The number of para-hydroxylation sites is 3. The Morgan fingerprint density at radius 2 is 0.886 bits per heavy atom. The number of hydrogen-bond donors (Lipinski definition) is 0. The summed E-state index contributed by atoms with van der Waals surface area (Å²) in [4.78, 5) is 16.1. The van der Waals surface area contributed by atoms with Crippen molar-refractivity contribution in [2.24, 2.45) is 0 Å².